The van der Waals surface area contributed by atoms with Crippen LogP contribution in [0.2, 0.25) is 0 Å². The standard InChI is InChI=1S/C24H25N3O3/c1-16-5-4-6-20(11-16)24(29)27-15-22(28)25-13-19-9-10-23(26-14-19)30-21-12-17(2)7-8-18(21)3/h4-12,14H,13,15H2,1-3H3,(H,25,28)(H,27,29). The first-order valence-electron chi connectivity index (χ1n) is 9.72. The van der Waals surface area contributed by atoms with Gasteiger partial charge < -0.3 is 15.4 Å². The highest BCUT2D eigenvalue weighted by Gasteiger charge is 2.08. The number of hydrogen-bond acceptors (Lipinski definition) is 4. The molecule has 0 saturated heterocycles. The fraction of sp³-hybridized carbons (Fsp3) is 0.208. The lowest BCUT2D eigenvalue weighted by molar-refractivity contribution is -0.120. The summed E-state index contributed by atoms with van der Waals surface area (Å²) in [5.41, 5.74) is 4.51. The number of hydrogen-bond donors (Lipinski definition) is 2. The van der Waals surface area contributed by atoms with Crippen LogP contribution >= 0.6 is 0 Å². The Morgan fingerprint density at radius 2 is 1.73 bits per heavy atom. The molecule has 2 N–H and O–H groups in total. The van der Waals surface area contributed by atoms with Crippen LogP contribution < -0.4 is 15.4 Å². The molecule has 3 aromatic rings. The zero-order valence-electron chi connectivity index (χ0n) is 17.4. The quantitative estimate of drug-likeness (QED) is 0.628. The van der Waals surface area contributed by atoms with Crippen LogP contribution in [0, 0.1) is 20.8 Å². The Kier molecular flexibility index (Phi) is 6.80. The molecule has 0 bridgehead atoms. The Bertz CT molecular complexity index is 1050. The van der Waals surface area contributed by atoms with Gasteiger partial charge >= 0.3 is 0 Å². The molecule has 0 radical (unpaired) electrons. The van der Waals surface area contributed by atoms with E-state index in [1.807, 2.05) is 57.2 Å². The van der Waals surface area contributed by atoms with Crippen molar-refractivity contribution in [3.63, 3.8) is 0 Å². The minimum atomic E-state index is -0.275. The van der Waals surface area contributed by atoms with Crippen LogP contribution in [-0.2, 0) is 11.3 Å². The molecule has 3 rings (SSSR count). The molecule has 0 atom stereocenters. The van der Waals surface area contributed by atoms with Gasteiger partial charge in [-0.2, -0.15) is 0 Å². The second-order valence-corrected chi connectivity index (χ2v) is 7.20. The summed E-state index contributed by atoms with van der Waals surface area (Å²) in [5, 5.41) is 5.39. The largest absolute Gasteiger partial charge is 0.439 e. The van der Waals surface area contributed by atoms with Gasteiger partial charge in [0, 0.05) is 24.4 Å². The number of ether oxygens (including phenoxy) is 1. The zero-order chi connectivity index (χ0) is 21.5. The van der Waals surface area contributed by atoms with E-state index in [2.05, 4.69) is 15.6 Å². The Morgan fingerprint density at radius 3 is 2.47 bits per heavy atom. The van der Waals surface area contributed by atoms with Crippen molar-refractivity contribution in [1.29, 1.82) is 0 Å². The first-order chi connectivity index (χ1) is 14.4. The van der Waals surface area contributed by atoms with E-state index in [1.165, 1.54) is 0 Å². The van der Waals surface area contributed by atoms with Gasteiger partial charge in [-0.3, -0.25) is 9.59 Å². The summed E-state index contributed by atoms with van der Waals surface area (Å²) in [5.74, 6) is 0.715. The molecule has 30 heavy (non-hydrogen) atoms. The van der Waals surface area contributed by atoms with Gasteiger partial charge in [0.25, 0.3) is 5.91 Å². The van der Waals surface area contributed by atoms with Crippen molar-refractivity contribution in [3.05, 3.63) is 88.6 Å². The van der Waals surface area contributed by atoms with Gasteiger partial charge in [0.05, 0.1) is 6.54 Å². The molecule has 154 valence electrons. The molecule has 0 aliphatic heterocycles. The van der Waals surface area contributed by atoms with Crippen LogP contribution in [0.1, 0.15) is 32.6 Å². The number of aromatic nitrogens is 1. The van der Waals surface area contributed by atoms with E-state index in [0.29, 0.717) is 18.0 Å². The summed E-state index contributed by atoms with van der Waals surface area (Å²) in [7, 11) is 0. The van der Waals surface area contributed by atoms with Crippen LogP contribution in [0.4, 0.5) is 0 Å². The molecular formula is C24H25N3O3. The van der Waals surface area contributed by atoms with Crippen molar-refractivity contribution in [1.82, 2.24) is 15.6 Å². The molecule has 1 aromatic heterocycles. The maximum Gasteiger partial charge on any atom is 0.251 e. The Balaban J connectivity index is 1.47. The minimum Gasteiger partial charge on any atom is -0.439 e. The third-order valence-corrected chi connectivity index (χ3v) is 4.54. The van der Waals surface area contributed by atoms with Crippen LogP contribution in [0.3, 0.4) is 0 Å². The average molecular weight is 403 g/mol. The van der Waals surface area contributed by atoms with Crippen molar-refractivity contribution in [2.24, 2.45) is 0 Å². The molecule has 0 spiro atoms. The van der Waals surface area contributed by atoms with Gasteiger partial charge in [-0.25, -0.2) is 4.98 Å². The smallest absolute Gasteiger partial charge is 0.251 e. The highest BCUT2D eigenvalue weighted by molar-refractivity contribution is 5.96. The third-order valence-electron chi connectivity index (χ3n) is 4.54. The van der Waals surface area contributed by atoms with E-state index in [0.717, 1.165) is 28.0 Å². The fourth-order valence-electron chi connectivity index (χ4n) is 2.82. The minimum absolute atomic E-state index is 0.0893. The monoisotopic (exact) mass is 403 g/mol. The highest BCUT2D eigenvalue weighted by atomic mass is 16.5. The van der Waals surface area contributed by atoms with Crippen LogP contribution in [0.5, 0.6) is 11.6 Å². The highest BCUT2D eigenvalue weighted by Crippen LogP contribution is 2.24. The molecule has 2 aromatic carbocycles. The van der Waals surface area contributed by atoms with E-state index in [4.69, 9.17) is 4.74 Å². The summed E-state index contributed by atoms with van der Waals surface area (Å²) in [6.45, 7) is 6.13. The topological polar surface area (TPSA) is 80.3 Å². The van der Waals surface area contributed by atoms with Crippen molar-refractivity contribution in [3.8, 4) is 11.6 Å². The predicted molar refractivity (Wildman–Crippen MR) is 116 cm³/mol. The lowest BCUT2D eigenvalue weighted by Crippen LogP contribution is -2.36. The zero-order valence-corrected chi connectivity index (χ0v) is 17.4. The molecule has 0 aliphatic carbocycles. The van der Waals surface area contributed by atoms with Gasteiger partial charge in [-0.1, -0.05) is 35.9 Å². The van der Waals surface area contributed by atoms with E-state index < -0.39 is 0 Å². The number of amides is 2. The van der Waals surface area contributed by atoms with Gasteiger partial charge in [0.15, 0.2) is 0 Å². The average Bonchev–Trinajstić information content (AvgIpc) is 2.74. The van der Waals surface area contributed by atoms with Crippen LogP contribution in [-0.4, -0.2) is 23.3 Å². The number of benzene rings is 2. The van der Waals surface area contributed by atoms with E-state index >= 15 is 0 Å². The Morgan fingerprint density at radius 1 is 0.933 bits per heavy atom. The molecule has 0 unspecified atom stereocenters. The van der Waals surface area contributed by atoms with Gasteiger partial charge in [-0.15, -0.1) is 0 Å². The Labute approximate surface area is 176 Å². The van der Waals surface area contributed by atoms with E-state index in [1.54, 1.807) is 24.4 Å². The number of nitrogens with zero attached hydrogens (tertiary/aromatic N) is 1. The third kappa shape index (κ3) is 5.91. The van der Waals surface area contributed by atoms with E-state index in [9.17, 15) is 9.59 Å². The molecular weight excluding hydrogens is 378 g/mol. The number of aryl methyl sites for hydroxylation is 3. The number of rotatable bonds is 7. The SMILES string of the molecule is Cc1cccc(C(=O)NCC(=O)NCc2ccc(Oc3cc(C)ccc3C)nc2)c1. The first kappa shape index (κ1) is 21.0. The van der Waals surface area contributed by atoms with Crippen molar-refractivity contribution >= 4 is 11.8 Å². The van der Waals surface area contributed by atoms with E-state index in [-0.39, 0.29) is 18.4 Å². The lowest BCUT2D eigenvalue weighted by atomic mass is 10.1. The second kappa shape index (κ2) is 9.69. The fourth-order valence-corrected chi connectivity index (χ4v) is 2.82. The number of nitrogens with one attached hydrogen (secondary N) is 2. The molecule has 6 heteroatoms. The predicted octanol–water partition coefficient (Wildman–Crippen LogP) is 3.85. The first-order valence-corrected chi connectivity index (χ1v) is 9.72. The number of carbonyl (C=O) groups excluding carboxylic acids is 2. The summed E-state index contributed by atoms with van der Waals surface area (Å²) < 4.78 is 5.84. The van der Waals surface area contributed by atoms with Gasteiger partial charge in [0.1, 0.15) is 5.75 Å². The number of pyridine rings is 1. The summed E-state index contributed by atoms with van der Waals surface area (Å²) in [6.07, 6.45) is 1.66. The van der Waals surface area contributed by atoms with Crippen LogP contribution in [0.25, 0.3) is 0 Å². The second-order valence-electron chi connectivity index (χ2n) is 7.20. The van der Waals surface area contributed by atoms with Crippen molar-refractivity contribution in [2.75, 3.05) is 6.54 Å². The van der Waals surface area contributed by atoms with Gasteiger partial charge in [-0.05, 0) is 55.7 Å². The molecule has 0 saturated carbocycles. The lowest BCUT2D eigenvalue weighted by Gasteiger charge is -2.10. The normalized spacial score (nSPS) is 10.4. The maximum atomic E-state index is 12.1. The molecule has 2 amide bonds. The van der Waals surface area contributed by atoms with Gasteiger partial charge in [0.2, 0.25) is 11.8 Å². The summed E-state index contributed by atoms with van der Waals surface area (Å²) in [4.78, 5) is 28.4. The molecule has 6 nitrogen and oxygen atoms in total. The van der Waals surface area contributed by atoms with Crippen molar-refractivity contribution in [2.45, 2.75) is 27.3 Å². The molecule has 0 fully saturated rings. The summed E-state index contributed by atoms with van der Waals surface area (Å²) in [6, 6.07) is 16.8. The summed E-state index contributed by atoms with van der Waals surface area (Å²) >= 11 is 0. The van der Waals surface area contributed by atoms with Crippen LogP contribution in [0.15, 0.2) is 60.8 Å². The molecule has 0 aliphatic rings. The maximum absolute atomic E-state index is 12.1. The van der Waals surface area contributed by atoms with Crippen molar-refractivity contribution < 1.29 is 14.3 Å². The Hall–Kier alpha value is -3.67. The molecule has 1 heterocycles. The number of carbonyl (C=O) groups is 2.